The lowest BCUT2D eigenvalue weighted by Gasteiger charge is -1.98. The van der Waals surface area contributed by atoms with Gasteiger partial charge in [-0.1, -0.05) is 23.2 Å². The van der Waals surface area contributed by atoms with E-state index in [9.17, 15) is 4.79 Å². The van der Waals surface area contributed by atoms with Gasteiger partial charge >= 0.3 is 0 Å². The van der Waals surface area contributed by atoms with Gasteiger partial charge in [0.1, 0.15) is 12.0 Å². The third kappa shape index (κ3) is 2.03. The topological polar surface area (TPSA) is 43.1 Å². The van der Waals surface area contributed by atoms with Crippen molar-refractivity contribution in [3.05, 3.63) is 40.2 Å². The number of nitrogens with zero attached hydrogens (tertiary/aromatic N) is 1. The first kappa shape index (κ1) is 10.2. The molecule has 0 aliphatic heterocycles. The molecule has 3 nitrogen and oxygen atoms in total. The maximum absolute atomic E-state index is 10.4. The molecular weight excluding hydrogens is 237 g/mol. The predicted octanol–water partition coefficient (Wildman–Crippen LogP) is 3.46. The van der Waals surface area contributed by atoms with Crippen LogP contribution in [0.5, 0.6) is 0 Å². The molecular formula is C10H5Cl2NO2. The molecule has 15 heavy (non-hydrogen) atoms. The minimum atomic E-state index is 0.232. The molecule has 0 saturated heterocycles. The first-order valence-corrected chi connectivity index (χ1v) is 4.82. The van der Waals surface area contributed by atoms with Crippen molar-refractivity contribution in [1.29, 1.82) is 0 Å². The maximum Gasteiger partial charge on any atom is 0.228 e. The Hall–Kier alpha value is -1.32. The molecule has 0 amide bonds. The van der Waals surface area contributed by atoms with E-state index < -0.39 is 0 Å². The van der Waals surface area contributed by atoms with Crippen molar-refractivity contribution in [1.82, 2.24) is 4.98 Å². The van der Waals surface area contributed by atoms with Crippen LogP contribution in [-0.2, 0) is 0 Å². The number of hydrogen-bond donors (Lipinski definition) is 0. The van der Waals surface area contributed by atoms with E-state index in [2.05, 4.69) is 4.98 Å². The van der Waals surface area contributed by atoms with Crippen LogP contribution in [0.3, 0.4) is 0 Å². The lowest BCUT2D eigenvalue weighted by molar-refractivity contribution is 0.111. The van der Waals surface area contributed by atoms with E-state index in [1.54, 1.807) is 18.2 Å². The second-order valence-corrected chi connectivity index (χ2v) is 3.66. The summed E-state index contributed by atoms with van der Waals surface area (Å²) in [5.41, 5.74) is 0.838. The third-order valence-electron chi connectivity index (χ3n) is 1.80. The summed E-state index contributed by atoms with van der Waals surface area (Å²) in [5, 5.41) is 0.965. The summed E-state index contributed by atoms with van der Waals surface area (Å²) in [6, 6.07) is 4.95. The number of aldehydes is 1. The number of hydrogen-bond acceptors (Lipinski definition) is 3. The van der Waals surface area contributed by atoms with Crippen LogP contribution in [0.1, 0.15) is 10.5 Å². The molecule has 5 heteroatoms. The first-order chi connectivity index (χ1) is 7.20. The van der Waals surface area contributed by atoms with Gasteiger partial charge in [0.15, 0.2) is 6.29 Å². The Morgan fingerprint density at radius 3 is 2.73 bits per heavy atom. The van der Waals surface area contributed by atoms with Crippen molar-refractivity contribution in [3.8, 4) is 11.5 Å². The minimum absolute atomic E-state index is 0.232. The van der Waals surface area contributed by atoms with Crippen LogP contribution < -0.4 is 0 Å². The number of halogens is 2. The zero-order chi connectivity index (χ0) is 10.8. The van der Waals surface area contributed by atoms with Crippen LogP contribution in [-0.4, -0.2) is 11.3 Å². The molecule has 0 N–H and O–H groups in total. The fourth-order valence-electron chi connectivity index (χ4n) is 1.13. The monoisotopic (exact) mass is 241 g/mol. The highest BCUT2D eigenvalue weighted by atomic mass is 35.5. The molecule has 0 bridgehead atoms. The van der Waals surface area contributed by atoms with Gasteiger partial charge in [-0.05, 0) is 18.2 Å². The largest absolute Gasteiger partial charge is 0.444 e. The molecule has 1 aromatic heterocycles. The fourth-order valence-corrected chi connectivity index (χ4v) is 1.62. The van der Waals surface area contributed by atoms with Crippen molar-refractivity contribution >= 4 is 29.5 Å². The Morgan fingerprint density at radius 2 is 2.13 bits per heavy atom. The van der Waals surface area contributed by atoms with Gasteiger partial charge in [-0.2, -0.15) is 0 Å². The van der Waals surface area contributed by atoms with E-state index in [1.165, 1.54) is 6.26 Å². The molecule has 0 aliphatic rings. The molecule has 0 fully saturated rings. The lowest BCUT2D eigenvalue weighted by Crippen LogP contribution is -1.82. The van der Waals surface area contributed by atoms with Gasteiger partial charge in [0, 0.05) is 5.02 Å². The van der Waals surface area contributed by atoms with Crippen molar-refractivity contribution < 1.29 is 9.21 Å². The van der Waals surface area contributed by atoms with E-state index in [0.29, 0.717) is 27.8 Å². The predicted molar refractivity (Wildman–Crippen MR) is 57.3 cm³/mol. The molecule has 1 heterocycles. The van der Waals surface area contributed by atoms with Gasteiger partial charge in [0.05, 0.1) is 10.6 Å². The van der Waals surface area contributed by atoms with Gasteiger partial charge in [0.2, 0.25) is 5.89 Å². The summed E-state index contributed by atoms with van der Waals surface area (Å²) >= 11 is 11.7. The maximum atomic E-state index is 10.4. The quantitative estimate of drug-likeness (QED) is 0.757. The van der Waals surface area contributed by atoms with E-state index in [-0.39, 0.29) is 5.69 Å². The molecule has 0 atom stereocenters. The Balaban J connectivity index is 2.49. The normalized spacial score (nSPS) is 10.3. The van der Waals surface area contributed by atoms with E-state index >= 15 is 0 Å². The second kappa shape index (κ2) is 4.04. The van der Waals surface area contributed by atoms with Gasteiger partial charge < -0.3 is 4.42 Å². The molecule has 2 aromatic rings. The van der Waals surface area contributed by atoms with Crippen molar-refractivity contribution in [2.45, 2.75) is 0 Å². The summed E-state index contributed by atoms with van der Waals surface area (Å²) in [7, 11) is 0. The molecule has 0 aliphatic carbocycles. The summed E-state index contributed by atoms with van der Waals surface area (Å²) < 4.78 is 5.09. The van der Waals surface area contributed by atoms with Gasteiger partial charge in [-0.15, -0.1) is 0 Å². The standard InChI is InChI=1S/C10H5Cl2NO2/c11-6-1-2-8(9(12)3-6)10-13-7(4-14)5-15-10/h1-5H. The zero-order valence-electron chi connectivity index (χ0n) is 7.41. The van der Waals surface area contributed by atoms with Crippen molar-refractivity contribution in [2.24, 2.45) is 0 Å². The minimum Gasteiger partial charge on any atom is -0.444 e. The van der Waals surface area contributed by atoms with Crippen LogP contribution >= 0.6 is 23.2 Å². The Labute approximate surface area is 95.6 Å². The Kier molecular flexibility index (Phi) is 2.75. The molecule has 0 radical (unpaired) electrons. The molecule has 2 rings (SSSR count). The van der Waals surface area contributed by atoms with Crippen LogP contribution in [0.4, 0.5) is 0 Å². The van der Waals surface area contributed by atoms with Crippen molar-refractivity contribution in [2.75, 3.05) is 0 Å². The summed E-state index contributed by atoms with van der Waals surface area (Å²) in [6.07, 6.45) is 1.88. The molecule has 1 aromatic carbocycles. The van der Waals surface area contributed by atoms with E-state index in [4.69, 9.17) is 27.6 Å². The van der Waals surface area contributed by atoms with Crippen LogP contribution in [0, 0.1) is 0 Å². The Bertz CT molecular complexity index is 508. The summed E-state index contributed by atoms with van der Waals surface area (Å²) in [5.74, 6) is 0.304. The third-order valence-corrected chi connectivity index (χ3v) is 2.35. The number of oxazole rings is 1. The zero-order valence-corrected chi connectivity index (χ0v) is 8.92. The average Bonchev–Trinajstić information content (AvgIpc) is 2.66. The second-order valence-electron chi connectivity index (χ2n) is 2.82. The van der Waals surface area contributed by atoms with Crippen molar-refractivity contribution in [3.63, 3.8) is 0 Å². The summed E-state index contributed by atoms with van der Waals surface area (Å²) in [4.78, 5) is 14.3. The highest BCUT2D eigenvalue weighted by Crippen LogP contribution is 2.29. The van der Waals surface area contributed by atoms with E-state index in [1.807, 2.05) is 0 Å². The van der Waals surface area contributed by atoms with Gasteiger partial charge in [0.25, 0.3) is 0 Å². The lowest BCUT2D eigenvalue weighted by atomic mass is 10.2. The molecule has 0 saturated carbocycles. The number of aromatic nitrogens is 1. The summed E-state index contributed by atoms with van der Waals surface area (Å²) in [6.45, 7) is 0. The smallest absolute Gasteiger partial charge is 0.228 e. The fraction of sp³-hybridized carbons (Fsp3) is 0. The van der Waals surface area contributed by atoms with Crippen LogP contribution in [0.25, 0.3) is 11.5 Å². The highest BCUT2D eigenvalue weighted by molar-refractivity contribution is 6.36. The van der Waals surface area contributed by atoms with Gasteiger partial charge in [-0.3, -0.25) is 4.79 Å². The number of rotatable bonds is 2. The molecule has 76 valence electrons. The number of carbonyl (C=O) groups excluding carboxylic acids is 1. The molecule has 0 unspecified atom stereocenters. The van der Waals surface area contributed by atoms with Crippen LogP contribution in [0.15, 0.2) is 28.9 Å². The Morgan fingerprint density at radius 1 is 1.33 bits per heavy atom. The molecule has 0 spiro atoms. The number of carbonyl (C=O) groups is 1. The average molecular weight is 242 g/mol. The number of benzene rings is 1. The highest BCUT2D eigenvalue weighted by Gasteiger charge is 2.10. The van der Waals surface area contributed by atoms with E-state index in [0.717, 1.165) is 0 Å². The van der Waals surface area contributed by atoms with Crippen LogP contribution in [0.2, 0.25) is 10.0 Å². The van der Waals surface area contributed by atoms with Gasteiger partial charge in [-0.25, -0.2) is 4.98 Å². The first-order valence-electron chi connectivity index (χ1n) is 4.07. The SMILES string of the molecule is O=Cc1coc(-c2ccc(Cl)cc2Cl)n1.